The maximum Gasteiger partial charge on any atom is 0.435 e. The molecular formula is C13H7F3N3O2-. The molecule has 0 atom stereocenters. The molecule has 0 spiro atoms. The second-order valence-corrected chi connectivity index (χ2v) is 4.37. The summed E-state index contributed by atoms with van der Waals surface area (Å²) in [5, 5.41) is 14.9. The number of H-pyrrole nitrogens is 1. The Balaban J connectivity index is 2.16. The molecule has 0 unspecified atom stereocenters. The predicted octanol–water partition coefficient (Wildman–Crippen LogP) is 1.74. The second-order valence-electron chi connectivity index (χ2n) is 4.37. The number of nitrogens with zero attached hydrogens (tertiary/aromatic N) is 2. The Morgan fingerprint density at radius 2 is 2.05 bits per heavy atom. The van der Waals surface area contributed by atoms with Gasteiger partial charge in [-0.25, -0.2) is 4.68 Å². The second kappa shape index (κ2) is 4.37. The third kappa shape index (κ3) is 2.24. The number of carboxylic acid groups (broad SMARTS) is 1. The Labute approximate surface area is 115 Å². The van der Waals surface area contributed by atoms with Crippen LogP contribution in [-0.4, -0.2) is 20.7 Å². The van der Waals surface area contributed by atoms with E-state index in [-0.39, 0.29) is 0 Å². The minimum absolute atomic E-state index is 0.320. The highest BCUT2D eigenvalue weighted by Gasteiger charge is 2.37. The van der Waals surface area contributed by atoms with Crippen LogP contribution < -0.4 is 5.11 Å². The van der Waals surface area contributed by atoms with Crippen molar-refractivity contribution in [3.8, 4) is 5.69 Å². The Bertz CT molecular complexity index is 833. The van der Waals surface area contributed by atoms with Gasteiger partial charge in [-0.1, -0.05) is 0 Å². The molecule has 0 aliphatic rings. The first kappa shape index (κ1) is 13.2. The van der Waals surface area contributed by atoms with Crippen molar-refractivity contribution >= 4 is 16.9 Å². The van der Waals surface area contributed by atoms with Crippen molar-refractivity contribution in [1.82, 2.24) is 14.8 Å². The topological polar surface area (TPSA) is 73.7 Å². The van der Waals surface area contributed by atoms with Crippen molar-refractivity contribution in [3.05, 3.63) is 47.9 Å². The Kier molecular flexibility index (Phi) is 2.75. The molecular weight excluding hydrogens is 287 g/mol. The predicted molar refractivity (Wildman–Crippen MR) is 64.8 cm³/mol. The van der Waals surface area contributed by atoms with E-state index < -0.39 is 23.4 Å². The summed E-state index contributed by atoms with van der Waals surface area (Å²) in [5.41, 5.74) is -1.34. The SMILES string of the molecule is O=C([O-])c1cn(-c2ccc3[nH]ccc3c2)nc1C(F)(F)F. The molecule has 2 aromatic heterocycles. The summed E-state index contributed by atoms with van der Waals surface area (Å²) in [6.45, 7) is 0. The number of aromatic carboxylic acids is 1. The highest BCUT2D eigenvalue weighted by molar-refractivity contribution is 5.87. The van der Waals surface area contributed by atoms with Crippen LogP contribution in [0.4, 0.5) is 13.2 Å². The van der Waals surface area contributed by atoms with E-state index in [2.05, 4.69) is 10.1 Å². The van der Waals surface area contributed by atoms with Crippen molar-refractivity contribution in [2.75, 3.05) is 0 Å². The van der Waals surface area contributed by atoms with Crippen LogP contribution in [0.5, 0.6) is 0 Å². The van der Waals surface area contributed by atoms with E-state index in [1.165, 1.54) is 6.07 Å². The number of rotatable bonds is 2. The van der Waals surface area contributed by atoms with Crippen molar-refractivity contribution in [3.63, 3.8) is 0 Å². The monoisotopic (exact) mass is 294 g/mol. The van der Waals surface area contributed by atoms with E-state index in [0.29, 0.717) is 5.69 Å². The first-order chi connectivity index (χ1) is 9.86. The number of halogens is 3. The normalized spacial score (nSPS) is 12.0. The lowest BCUT2D eigenvalue weighted by atomic mass is 10.2. The average molecular weight is 294 g/mol. The molecule has 2 heterocycles. The molecule has 21 heavy (non-hydrogen) atoms. The number of alkyl halides is 3. The van der Waals surface area contributed by atoms with Gasteiger partial charge in [-0.05, 0) is 24.3 Å². The number of benzene rings is 1. The molecule has 0 radical (unpaired) electrons. The van der Waals surface area contributed by atoms with Gasteiger partial charge in [-0.15, -0.1) is 0 Å². The van der Waals surface area contributed by atoms with Gasteiger partial charge in [0.15, 0.2) is 5.69 Å². The molecule has 0 aliphatic carbocycles. The van der Waals surface area contributed by atoms with Gasteiger partial charge in [0.2, 0.25) is 0 Å². The van der Waals surface area contributed by atoms with Crippen LogP contribution in [0.2, 0.25) is 0 Å². The summed E-state index contributed by atoms with van der Waals surface area (Å²) in [7, 11) is 0. The van der Waals surface area contributed by atoms with Gasteiger partial charge in [0.1, 0.15) is 0 Å². The van der Waals surface area contributed by atoms with Crippen LogP contribution in [0, 0.1) is 0 Å². The van der Waals surface area contributed by atoms with Crippen LogP contribution >= 0.6 is 0 Å². The summed E-state index contributed by atoms with van der Waals surface area (Å²) >= 11 is 0. The number of carbonyl (C=O) groups excluding carboxylic acids is 1. The van der Waals surface area contributed by atoms with Crippen molar-refractivity contribution in [1.29, 1.82) is 0 Å². The number of nitrogens with one attached hydrogen (secondary N) is 1. The fourth-order valence-electron chi connectivity index (χ4n) is 2.05. The van der Waals surface area contributed by atoms with Crippen molar-refractivity contribution < 1.29 is 23.1 Å². The van der Waals surface area contributed by atoms with E-state index in [1.807, 2.05) is 0 Å². The molecule has 8 heteroatoms. The zero-order chi connectivity index (χ0) is 15.2. The number of aromatic amines is 1. The number of hydrogen-bond acceptors (Lipinski definition) is 3. The Morgan fingerprint density at radius 3 is 2.67 bits per heavy atom. The van der Waals surface area contributed by atoms with Gasteiger partial charge in [-0.2, -0.15) is 18.3 Å². The van der Waals surface area contributed by atoms with Gasteiger partial charge in [0, 0.05) is 28.9 Å². The van der Waals surface area contributed by atoms with Crippen molar-refractivity contribution in [2.24, 2.45) is 0 Å². The molecule has 0 amide bonds. The summed E-state index contributed by atoms with van der Waals surface area (Å²) in [6, 6.07) is 6.54. The molecule has 0 fully saturated rings. The third-order valence-electron chi connectivity index (χ3n) is 3.00. The van der Waals surface area contributed by atoms with E-state index in [0.717, 1.165) is 21.8 Å². The Hall–Kier alpha value is -2.77. The van der Waals surface area contributed by atoms with Crippen LogP contribution in [0.15, 0.2) is 36.7 Å². The largest absolute Gasteiger partial charge is 0.545 e. The lowest BCUT2D eigenvalue weighted by Gasteiger charge is -2.05. The van der Waals surface area contributed by atoms with Gasteiger partial charge in [0.25, 0.3) is 0 Å². The van der Waals surface area contributed by atoms with Gasteiger partial charge in [0.05, 0.1) is 11.7 Å². The number of aromatic nitrogens is 3. The smallest absolute Gasteiger partial charge is 0.435 e. The summed E-state index contributed by atoms with van der Waals surface area (Å²) in [5.74, 6) is -1.92. The zero-order valence-electron chi connectivity index (χ0n) is 10.3. The molecule has 3 aromatic rings. The van der Waals surface area contributed by atoms with Gasteiger partial charge < -0.3 is 14.9 Å². The molecule has 0 saturated heterocycles. The standard InChI is InChI=1S/C13H8F3N3O2/c14-13(15,16)11-9(12(20)21)6-19(18-11)8-1-2-10-7(5-8)3-4-17-10/h1-6,17H,(H,20,21)/p-1. The van der Waals surface area contributed by atoms with E-state index in [4.69, 9.17) is 0 Å². The lowest BCUT2D eigenvalue weighted by molar-refractivity contribution is -0.255. The Morgan fingerprint density at radius 1 is 1.29 bits per heavy atom. The molecule has 0 bridgehead atoms. The molecule has 108 valence electrons. The first-order valence-electron chi connectivity index (χ1n) is 5.82. The molecule has 1 aromatic carbocycles. The number of fused-ring (bicyclic) bond motifs is 1. The summed E-state index contributed by atoms with van der Waals surface area (Å²) in [6.07, 6.45) is -2.38. The molecule has 0 saturated carbocycles. The lowest BCUT2D eigenvalue weighted by Crippen LogP contribution is -2.25. The fourth-order valence-corrected chi connectivity index (χ4v) is 2.05. The minimum Gasteiger partial charge on any atom is -0.545 e. The molecule has 0 aliphatic heterocycles. The number of carboxylic acids is 1. The first-order valence-corrected chi connectivity index (χ1v) is 5.82. The maximum absolute atomic E-state index is 12.8. The summed E-state index contributed by atoms with van der Waals surface area (Å²) < 4.78 is 39.2. The maximum atomic E-state index is 12.8. The van der Waals surface area contributed by atoms with Crippen LogP contribution in [0.25, 0.3) is 16.6 Å². The number of carbonyl (C=O) groups is 1. The van der Waals surface area contributed by atoms with Crippen LogP contribution in [0.3, 0.4) is 0 Å². The highest BCUT2D eigenvalue weighted by Crippen LogP contribution is 2.31. The van der Waals surface area contributed by atoms with Crippen molar-refractivity contribution in [2.45, 2.75) is 6.18 Å². The molecule has 5 nitrogen and oxygen atoms in total. The third-order valence-corrected chi connectivity index (χ3v) is 3.00. The van der Waals surface area contributed by atoms with E-state index in [1.54, 1.807) is 24.4 Å². The van der Waals surface area contributed by atoms with E-state index in [9.17, 15) is 23.1 Å². The fraction of sp³-hybridized carbons (Fsp3) is 0.0769. The minimum atomic E-state index is -4.86. The molecule has 1 N–H and O–H groups in total. The number of hydrogen-bond donors (Lipinski definition) is 1. The summed E-state index contributed by atoms with van der Waals surface area (Å²) in [4.78, 5) is 13.8. The quantitative estimate of drug-likeness (QED) is 0.782. The van der Waals surface area contributed by atoms with Gasteiger partial charge >= 0.3 is 6.18 Å². The zero-order valence-corrected chi connectivity index (χ0v) is 10.3. The highest BCUT2D eigenvalue weighted by atomic mass is 19.4. The van der Waals surface area contributed by atoms with Crippen LogP contribution in [0.1, 0.15) is 16.1 Å². The van der Waals surface area contributed by atoms with E-state index >= 15 is 0 Å². The molecule has 3 rings (SSSR count). The average Bonchev–Trinajstić information content (AvgIpc) is 3.03. The van der Waals surface area contributed by atoms with Gasteiger partial charge in [-0.3, -0.25) is 0 Å². The van der Waals surface area contributed by atoms with Crippen LogP contribution in [-0.2, 0) is 6.18 Å².